The Hall–Kier alpha value is -1.78. The molecule has 1 aromatic heterocycles. The highest BCUT2D eigenvalue weighted by atomic mass is 16.5. The van der Waals surface area contributed by atoms with E-state index in [1.807, 2.05) is 11.9 Å². The third-order valence-electron chi connectivity index (χ3n) is 3.21. The van der Waals surface area contributed by atoms with Crippen LogP contribution in [0.1, 0.15) is 31.3 Å². The lowest BCUT2D eigenvalue weighted by Crippen LogP contribution is -2.34. The summed E-state index contributed by atoms with van der Waals surface area (Å²) < 4.78 is 4.66. The van der Waals surface area contributed by atoms with Gasteiger partial charge in [-0.2, -0.15) is 0 Å². The molecule has 100 valence electrons. The first kappa shape index (κ1) is 14.3. The maximum absolute atomic E-state index is 11.5. The van der Waals surface area contributed by atoms with Crippen LogP contribution in [0, 0.1) is 5.92 Å². The van der Waals surface area contributed by atoms with Gasteiger partial charge in [0, 0.05) is 13.1 Å². The van der Waals surface area contributed by atoms with Crippen molar-refractivity contribution >= 4 is 17.5 Å². The van der Waals surface area contributed by atoms with Crippen LogP contribution in [0.3, 0.4) is 0 Å². The Bertz CT molecular complexity index is 432. The molecule has 0 aliphatic rings. The average Bonchev–Trinajstić information content (AvgIpc) is 2.36. The molecular weight excluding hydrogens is 230 g/mol. The Morgan fingerprint density at radius 3 is 2.50 bits per heavy atom. The largest absolute Gasteiger partial charge is 0.464 e. The fourth-order valence-electron chi connectivity index (χ4n) is 1.60. The van der Waals surface area contributed by atoms with Crippen molar-refractivity contribution in [3.8, 4) is 0 Å². The molecule has 18 heavy (non-hydrogen) atoms. The van der Waals surface area contributed by atoms with Gasteiger partial charge in [-0.05, 0) is 25.0 Å². The second-order valence-electron chi connectivity index (χ2n) is 4.70. The predicted molar refractivity (Wildman–Crippen MR) is 72.7 cm³/mol. The van der Waals surface area contributed by atoms with Crippen molar-refractivity contribution in [2.75, 3.05) is 24.8 Å². The first-order valence-electron chi connectivity index (χ1n) is 5.96. The van der Waals surface area contributed by atoms with Gasteiger partial charge < -0.3 is 15.4 Å². The highest BCUT2D eigenvalue weighted by molar-refractivity contribution is 5.88. The maximum atomic E-state index is 11.5. The zero-order chi connectivity index (χ0) is 13.9. The van der Waals surface area contributed by atoms with Gasteiger partial charge in [-0.3, -0.25) is 0 Å². The number of nitrogen functional groups attached to an aromatic ring is 1. The van der Waals surface area contributed by atoms with Crippen LogP contribution in [0.4, 0.5) is 11.5 Å². The third kappa shape index (κ3) is 2.91. The minimum atomic E-state index is -0.457. The normalized spacial score (nSPS) is 12.3. The van der Waals surface area contributed by atoms with E-state index in [0.29, 0.717) is 17.4 Å². The van der Waals surface area contributed by atoms with Gasteiger partial charge in [0.15, 0.2) is 11.5 Å². The van der Waals surface area contributed by atoms with E-state index in [9.17, 15) is 4.79 Å². The Balaban J connectivity index is 3.11. The van der Waals surface area contributed by atoms with Crippen LogP contribution in [-0.2, 0) is 4.74 Å². The number of carbonyl (C=O) groups is 1. The van der Waals surface area contributed by atoms with Gasteiger partial charge in [0.05, 0.1) is 12.8 Å². The summed E-state index contributed by atoms with van der Waals surface area (Å²) in [5.74, 6) is 0.610. The molecule has 0 aliphatic heterocycles. The second kappa shape index (κ2) is 5.71. The molecule has 1 heterocycles. The molecule has 1 rings (SSSR count). The minimum absolute atomic E-state index is 0.268. The van der Waals surface area contributed by atoms with Crippen molar-refractivity contribution in [3.05, 3.63) is 17.8 Å². The standard InChI is InChI=1S/C13H21N3O2/c1-8(2)9(3)16(4)12-10(14)6-7-11(15-12)13(17)18-5/h6-9H,14H2,1-5H3. The Labute approximate surface area is 108 Å². The number of rotatable bonds is 4. The van der Waals surface area contributed by atoms with E-state index in [1.165, 1.54) is 7.11 Å². The lowest BCUT2D eigenvalue weighted by molar-refractivity contribution is 0.0594. The number of hydrogen-bond acceptors (Lipinski definition) is 5. The molecule has 5 heteroatoms. The quantitative estimate of drug-likeness (QED) is 0.828. The molecule has 1 aromatic rings. The van der Waals surface area contributed by atoms with Crippen LogP contribution >= 0.6 is 0 Å². The van der Waals surface area contributed by atoms with Crippen molar-refractivity contribution in [2.24, 2.45) is 5.92 Å². The average molecular weight is 251 g/mol. The topological polar surface area (TPSA) is 68.5 Å². The molecule has 0 saturated heterocycles. The van der Waals surface area contributed by atoms with Crippen LogP contribution in [0.2, 0.25) is 0 Å². The molecule has 2 N–H and O–H groups in total. The van der Waals surface area contributed by atoms with E-state index in [4.69, 9.17) is 5.73 Å². The van der Waals surface area contributed by atoms with Gasteiger partial charge in [-0.25, -0.2) is 9.78 Å². The van der Waals surface area contributed by atoms with E-state index in [0.717, 1.165) is 0 Å². The predicted octanol–water partition coefficient (Wildman–Crippen LogP) is 1.93. The van der Waals surface area contributed by atoms with Crippen molar-refractivity contribution < 1.29 is 9.53 Å². The van der Waals surface area contributed by atoms with Crippen molar-refractivity contribution in [1.29, 1.82) is 0 Å². The van der Waals surface area contributed by atoms with E-state index in [-0.39, 0.29) is 11.7 Å². The Morgan fingerprint density at radius 2 is 2.00 bits per heavy atom. The summed E-state index contributed by atoms with van der Waals surface area (Å²) in [6.07, 6.45) is 0. The summed E-state index contributed by atoms with van der Waals surface area (Å²) in [4.78, 5) is 17.7. The van der Waals surface area contributed by atoms with Gasteiger partial charge >= 0.3 is 5.97 Å². The maximum Gasteiger partial charge on any atom is 0.356 e. The van der Waals surface area contributed by atoms with E-state index in [2.05, 4.69) is 30.5 Å². The van der Waals surface area contributed by atoms with E-state index in [1.54, 1.807) is 12.1 Å². The zero-order valence-electron chi connectivity index (χ0n) is 11.6. The van der Waals surface area contributed by atoms with Crippen LogP contribution in [0.5, 0.6) is 0 Å². The molecule has 0 aromatic carbocycles. The van der Waals surface area contributed by atoms with E-state index < -0.39 is 5.97 Å². The fourth-order valence-corrected chi connectivity index (χ4v) is 1.60. The van der Waals surface area contributed by atoms with E-state index >= 15 is 0 Å². The number of hydrogen-bond donors (Lipinski definition) is 1. The number of nitrogens with two attached hydrogens (primary N) is 1. The third-order valence-corrected chi connectivity index (χ3v) is 3.21. The fraction of sp³-hybridized carbons (Fsp3) is 0.538. The summed E-state index contributed by atoms with van der Waals surface area (Å²) in [6, 6.07) is 3.52. The molecule has 1 unspecified atom stereocenters. The van der Waals surface area contributed by atoms with Gasteiger partial charge in [-0.1, -0.05) is 13.8 Å². The number of nitrogens with zero attached hydrogens (tertiary/aromatic N) is 2. The number of methoxy groups -OCH3 is 1. The number of ether oxygens (including phenoxy) is 1. The number of aromatic nitrogens is 1. The molecule has 0 bridgehead atoms. The van der Waals surface area contributed by atoms with Gasteiger partial charge in [0.1, 0.15) is 0 Å². The monoisotopic (exact) mass is 251 g/mol. The van der Waals surface area contributed by atoms with Crippen molar-refractivity contribution in [2.45, 2.75) is 26.8 Å². The molecule has 0 amide bonds. The summed E-state index contributed by atoms with van der Waals surface area (Å²) in [5, 5.41) is 0. The number of esters is 1. The number of carbonyl (C=O) groups excluding carboxylic acids is 1. The summed E-state index contributed by atoms with van der Waals surface area (Å²) in [5.41, 5.74) is 6.74. The Kier molecular flexibility index (Phi) is 4.53. The number of anilines is 2. The SMILES string of the molecule is COC(=O)c1ccc(N)c(N(C)C(C)C(C)C)n1. The lowest BCUT2D eigenvalue weighted by Gasteiger charge is -2.30. The molecule has 0 aliphatic carbocycles. The van der Waals surface area contributed by atoms with Crippen molar-refractivity contribution in [1.82, 2.24) is 4.98 Å². The van der Waals surface area contributed by atoms with Crippen LogP contribution in [0.25, 0.3) is 0 Å². The van der Waals surface area contributed by atoms with Crippen LogP contribution in [-0.4, -0.2) is 31.2 Å². The molecule has 0 fully saturated rings. The molecule has 5 nitrogen and oxygen atoms in total. The highest BCUT2D eigenvalue weighted by Gasteiger charge is 2.19. The Morgan fingerprint density at radius 1 is 1.39 bits per heavy atom. The molecule has 0 spiro atoms. The van der Waals surface area contributed by atoms with Crippen LogP contribution < -0.4 is 10.6 Å². The highest BCUT2D eigenvalue weighted by Crippen LogP contribution is 2.24. The molecular formula is C13H21N3O2. The minimum Gasteiger partial charge on any atom is -0.464 e. The zero-order valence-corrected chi connectivity index (χ0v) is 11.6. The van der Waals surface area contributed by atoms with Gasteiger partial charge in [-0.15, -0.1) is 0 Å². The number of pyridine rings is 1. The first-order chi connectivity index (χ1) is 8.38. The second-order valence-corrected chi connectivity index (χ2v) is 4.70. The van der Waals surface area contributed by atoms with Gasteiger partial charge in [0.2, 0.25) is 0 Å². The van der Waals surface area contributed by atoms with Crippen LogP contribution in [0.15, 0.2) is 12.1 Å². The summed E-state index contributed by atoms with van der Waals surface area (Å²) in [6.45, 7) is 6.35. The lowest BCUT2D eigenvalue weighted by atomic mass is 10.1. The molecule has 0 radical (unpaired) electrons. The summed E-state index contributed by atoms with van der Waals surface area (Å²) >= 11 is 0. The summed E-state index contributed by atoms with van der Waals surface area (Å²) in [7, 11) is 3.25. The molecule has 0 saturated carbocycles. The van der Waals surface area contributed by atoms with Crippen molar-refractivity contribution in [3.63, 3.8) is 0 Å². The van der Waals surface area contributed by atoms with Gasteiger partial charge in [0.25, 0.3) is 0 Å². The first-order valence-corrected chi connectivity index (χ1v) is 5.96. The molecule has 1 atom stereocenters. The smallest absolute Gasteiger partial charge is 0.356 e.